The van der Waals surface area contributed by atoms with Crippen LogP contribution in [0, 0.1) is 0 Å². The zero-order valence-electron chi connectivity index (χ0n) is 24.3. The van der Waals surface area contributed by atoms with Crippen molar-refractivity contribution in [1.82, 2.24) is 9.21 Å². The molecule has 1 aliphatic heterocycles. The molecule has 0 fully saturated rings. The molecule has 0 radical (unpaired) electrons. The molecule has 0 saturated carbocycles. The Morgan fingerprint density at radius 1 is 1.02 bits per heavy atom. The summed E-state index contributed by atoms with van der Waals surface area (Å²) in [6.45, 7) is 3.04. The average Bonchev–Trinajstić information content (AvgIpc) is 2.93. The Labute approximate surface area is 242 Å². The van der Waals surface area contributed by atoms with Gasteiger partial charge in [0.2, 0.25) is 10.0 Å². The molecule has 3 rings (SSSR count). The van der Waals surface area contributed by atoms with Crippen LogP contribution in [-0.2, 0) is 32.2 Å². The number of amides is 2. The monoisotopic (exact) mass is 617 g/mol. The number of anilines is 1. The lowest BCUT2D eigenvalue weighted by Crippen LogP contribution is -2.47. The molecular formula is C27H34F3N3O8S. The maximum absolute atomic E-state index is 13.8. The summed E-state index contributed by atoms with van der Waals surface area (Å²) in [5, 5.41) is 0. The van der Waals surface area contributed by atoms with E-state index < -0.39 is 57.5 Å². The lowest BCUT2D eigenvalue weighted by atomic mass is 9.90. The first-order chi connectivity index (χ1) is 19.6. The Kier molecular flexibility index (Phi) is 9.88. The van der Waals surface area contributed by atoms with Crippen LogP contribution in [-0.4, -0.2) is 77.9 Å². The number of ether oxygens (including phenoxy) is 4. The SMILES string of the molecule is CCOC(=O)N1c2cc(OC)c(OC)cc2C(N(Cc2cc(C(F)(F)F)cc(S(=O)(=O)N(C)C)c2)C(=O)OC)CC1C. The summed E-state index contributed by atoms with van der Waals surface area (Å²) >= 11 is 0. The largest absolute Gasteiger partial charge is 0.493 e. The Morgan fingerprint density at radius 2 is 1.64 bits per heavy atom. The molecule has 0 aromatic heterocycles. The molecule has 2 aromatic carbocycles. The third-order valence-corrected chi connectivity index (χ3v) is 8.62. The van der Waals surface area contributed by atoms with Crippen molar-refractivity contribution in [3.63, 3.8) is 0 Å². The van der Waals surface area contributed by atoms with Crippen LogP contribution in [0.4, 0.5) is 28.4 Å². The minimum Gasteiger partial charge on any atom is -0.493 e. The summed E-state index contributed by atoms with van der Waals surface area (Å²) in [4.78, 5) is 28.2. The minimum absolute atomic E-state index is 0.0989. The fraction of sp³-hybridized carbons (Fsp3) is 0.481. The molecule has 232 valence electrons. The van der Waals surface area contributed by atoms with E-state index in [9.17, 15) is 31.2 Å². The van der Waals surface area contributed by atoms with Crippen molar-refractivity contribution in [2.75, 3.05) is 46.9 Å². The second-order valence-electron chi connectivity index (χ2n) is 9.68. The van der Waals surface area contributed by atoms with Gasteiger partial charge in [0.05, 0.1) is 50.1 Å². The van der Waals surface area contributed by atoms with E-state index in [0.717, 1.165) is 23.5 Å². The molecule has 0 saturated heterocycles. The number of hydrogen-bond donors (Lipinski definition) is 0. The number of carbonyl (C=O) groups excluding carboxylic acids is 2. The predicted octanol–water partition coefficient (Wildman–Crippen LogP) is 5.04. The Balaban J connectivity index is 2.23. The van der Waals surface area contributed by atoms with Crippen molar-refractivity contribution in [3.8, 4) is 11.5 Å². The third kappa shape index (κ3) is 6.51. The summed E-state index contributed by atoms with van der Waals surface area (Å²) < 4.78 is 89.1. The van der Waals surface area contributed by atoms with Gasteiger partial charge in [-0.05, 0) is 50.1 Å². The number of benzene rings is 2. The van der Waals surface area contributed by atoms with Crippen LogP contribution in [0.1, 0.15) is 43.0 Å². The highest BCUT2D eigenvalue weighted by Crippen LogP contribution is 2.46. The van der Waals surface area contributed by atoms with Crippen LogP contribution in [0.25, 0.3) is 0 Å². The van der Waals surface area contributed by atoms with E-state index in [1.54, 1.807) is 26.0 Å². The number of alkyl halides is 3. The fourth-order valence-electron chi connectivity index (χ4n) is 4.81. The lowest BCUT2D eigenvalue weighted by molar-refractivity contribution is -0.137. The van der Waals surface area contributed by atoms with Crippen LogP contribution in [0.5, 0.6) is 11.5 Å². The molecule has 42 heavy (non-hydrogen) atoms. The molecule has 11 nitrogen and oxygen atoms in total. The zero-order chi connectivity index (χ0) is 31.6. The van der Waals surface area contributed by atoms with Gasteiger partial charge in [-0.25, -0.2) is 22.3 Å². The quantitative estimate of drug-likeness (QED) is 0.405. The molecule has 2 aromatic rings. The van der Waals surface area contributed by atoms with Crippen molar-refractivity contribution in [2.24, 2.45) is 0 Å². The summed E-state index contributed by atoms with van der Waals surface area (Å²) in [5.41, 5.74) is -0.540. The van der Waals surface area contributed by atoms with Crippen molar-refractivity contribution in [3.05, 3.63) is 47.0 Å². The zero-order valence-corrected chi connectivity index (χ0v) is 25.1. The van der Waals surface area contributed by atoms with E-state index in [2.05, 4.69) is 0 Å². The lowest BCUT2D eigenvalue weighted by Gasteiger charge is -2.42. The average molecular weight is 618 g/mol. The molecule has 15 heteroatoms. The van der Waals surface area contributed by atoms with Crippen LogP contribution in [0.15, 0.2) is 35.2 Å². The Morgan fingerprint density at radius 3 is 2.17 bits per heavy atom. The van der Waals surface area contributed by atoms with Crippen molar-refractivity contribution in [2.45, 2.75) is 50.0 Å². The van der Waals surface area contributed by atoms with Gasteiger partial charge >= 0.3 is 18.4 Å². The first-order valence-electron chi connectivity index (χ1n) is 12.8. The number of carbonyl (C=O) groups is 2. The topological polar surface area (TPSA) is 115 Å². The number of nitrogens with zero attached hydrogens (tertiary/aromatic N) is 3. The maximum Gasteiger partial charge on any atom is 0.416 e. The molecule has 0 spiro atoms. The van der Waals surface area contributed by atoms with Crippen LogP contribution >= 0.6 is 0 Å². The molecular weight excluding hydrogens is 583 g/mol. The Hall–Kier alpha value is -3.72. The minimum atomic E-state index is -4.86. The highest BCUT2D eigenvalue weighted by atomic mass is 32.2. The van der Waals surface area contributed by atoms with Gasteiger partial charge in [-0.15, -0.1) is 0 Å². The van der Waals surface area contributed by atoms with Crippen molar-refractivity contribution >= 4 is 27.9 Å². The van der Waals surface area contributed by atoms with Gasteiger partial charge in [0, 0.05) is 38.3 Å². The Bertz CT molecular complexity index is 1430. The standard InChI is InChI=1S/C27H34F3N3O8S/c1-8-41-26(35)33-16(2)9-21(20-13-23(38-5)24(39-6)14-22(20)33)32(25(34)40-7)15-17-10-18(27(28,29)30)12-19(11-17)42(36,37)31(3)4/h10-14,16,21H,8-9,15H2,1-7H3. The number of fused-ring (bicyclic) bond motifs is 1. The predicted molar refractivity (Wildman–Crippen MR) is 146 cm³/mol. The number of halogens is 3. The van der Waals surface area contributed by atoms with Gasteiger partial charge in [-0.3, -0.25) is 9.80 Å². The van der Waals surface area contributed by atoms with Gasteiger partial charge in [0.15, 0.2) is 11.5 Å². The number of sulfonamides is 1. The van der Waals surface area contributed by atoms with Gasteiger partial charge in [-0.2, -0.15) is 13.2 Å². The summed E-state index contributed by atoms with van der Waals surface area (Å²) in [5.74, 6) is 0.572. The summed E-state index contributed by atoms with van der Waals surface area (Å²) in [6.07, 6.45) is -6.25. The second-order valence-corrected chi connectivity index (χ2v) is 11.8. The smallest absolute Gasteiger partial charge is 0.416 e. The van der Waals surface area contributed by atoms with Gasteiger partial charge in [-0.1, -0.05) is 0 Å². The van der Waals surface area contributed by atoms with E-state index in [1.807, 2.05) is 0 Å². The van der Waals surface area contributed by atoms with Crippen molar-refractivity contribution in [1.29, 1.82) is 0 Å². The highest BCUT2D eigenvalue weighted by molar-refractivity contribution is 7.89. The number of methoxy groups -OCH3 is 3. The molecule has 2 unspecified atom stereocenters. The highest BCUT2D eigenvalue weighted by Gasteiger charge is 2.41. The fourth-order valence-corrected chi connectivity index (χ4v) is 5.81. The number of rotatable bonds is 8. The van der Waals surface area contributed by atoms with Gasteiger partial charge < -0.3 is 18.9 Å². The normalized spacial score (nSPS) is 17.0. The summed E-state index contributed by atoms with van der Waals surface area (Å²) in [6, 6.07) is 4.17. The molecule has 0 bridgehead atoms. The van der Waals surface area contributed by atoms with E-state index >= 15 is 0 Å². The van der Waals surface area contributed by atoms with Crippen LogP contribution in [0.3, 0.4) is 0 Å². The van der Waals surface area contributed by atoms with E-state index in [0.29, 0.717) is 23.1 Å². The van der Waals surface area contributed by atoms with E-state index in [4.69, 9.17) is 18.9 Å². The molecule has 0 N–H and O–H groups in total. The van der Waals surface area contributed by atoms with Crippen LogP contribution < -0.4 is 14.4 Å². The molecule has 1 heterocycles. The van der Waals surface area contributed by atoms with Crippen LogP contribution in [0.2, 0.25) is 0 Å². The third-order valence-electron chi connectivity index (χ3n) is 6.83. The maximum atomic E-state index is 13.8. The van der Waals surface area contributed by atoms with E-state index in [1.165, 1.54) is 38.1 Å². The molecule has 0 aliphatic carbocycles. The van der Waals surface area contributed by atoms with Crippen molar-refractivity contribution < 1.29 is 50.1 Å². The first-order valence-corrected chi connectivity index (χ1v) is 14.2. The molecule has 2 amide bonds. The van der Waals surface area contributed by atoms with Gasteiger partial charge in [0.25, 0.3) is 0 Å². The molecule has 1 aliphatic rings. The van der Waals surface area contributed by atoms with E-state index in [-0.39, 0.29) is 24.3 Å². The molecule has 2 atom stereocenters. The number of hydrogen-bond acceptors (Lipinski definition) is 8. The van der Waals surface area contributed by atoms with Gasteiger partial charge in [0.1, 0.15) is 0 Å². The first kappa shape index (κ1) is 32.8. The second kappa shape index (κ2) is 12.7. The summed E-state index contributed by atoms with van der Waals surface area (Å²) in [7, 11) is 2.09.